The Kier molecular flexibility index (Phi) is 5.42. The van der Waals surface area contributed by atoms with Crippen LogP contribution in [0.25, 0.3) is 11.6 Å². The van der Waals surface area contributed by atoms with Gasteiger partial charge in [-0.3, -0.25) is 14.2 Å². The Hall–Kier alpha value is -2.29. The summed E-state index contributed by atoms with van der Waals surface area (Å²) >= 11 is 1.31. The first-order valence-electron chi connectivity index (χ1n) is 8.30. The summed E-state index contributed by atoms with van der Waals surface area (Å²) < 4.78 is 7.28. The van der Waals surface area contributed by atoms with Crippen LogP contribution >= 0.6 is 11.8 Å². The molecule has 8 nitrogen and oxygen atoms in total. The minimum atomic E-state index is -0.496. The lowest BCUT2D eigenvalue weighted by Crippen LogP contribution is -2.51. The largest absolute Gasteiger partial charge is 0.461 e. The highest BCUT2D eigenvalue weighted by Gasteiger charge is 2.30. The highest BCUT2D eigenvalue weighted by Crippen LogP contribution is 2.25. The first-order chi connectivity index (χ1) is 12.1. The number of carbonyl (C=O) groups excluding carboxylic acids is 2. The molecule has 1 unspecified atom stereocenters. The van der Waals surface area contributed by atoms with Gasteiger partial charge in [-0.25, -0.2) is 0 Å². The molecule has 9 heteroatoms. The zero-order valence-corrected chi connectivity index (χ0v) is 14.9. The number of primary amides is 1. The van der Waals surface area contributed by atoms with Gasteiger partial charge in [-0.15, -0.1) is 10.2 Å². The molecule has 25 heavy (non-hydrogen) atoms. The second-order valence-electron chi connectivity index (χ2n) is 5.82. The molecule has 0 saturated carbocycles. The summed E-state index contributed by atoms with van der Waals surface area (Å²) in [4.78, 5) is 25.7. The van der Waals surface area contributed by atoms with Gasteiger partial charge in [0.1, 0.15) is 6.04 Å². The van der Waals surface area contributed by atoms with E-state index in [2.05, 4.69) is 10.2 Å². The molecular weight excluding hydrogens is 342 g/mol. The predicted molar refractivity (Wildman–Crippen MR) is 92.7 cm³/mol. The van der Waals surface area contributed by atoms with E-state index in [1.165, 1.54) is 11.8 Å². The number of amides is 2. The number of likely N-dealkylation sites (tertiary alicyclic amines) is 1. The standard InChI is InChI=1S/C16H21N5O3S/c1-2-20-15(12-7-5-9-24-12)18-19-16(20)25-10-13(22)21-8-4-3-6-11(21)14(17)23/h5,7,9,11H,2-4,6,8,10H2,1H3,(H2,17,23). The van der Waals surface area contributed by atoms with E-state index < -0.39 is 11.9 Å². The number of furan rings is 1. The summed E-state index contributed by atoms with van der Waals surface area (Å²) in [6, 6.07) is 3.12. The summed E-state index contributed by atoms with van der Waals surface area (Å²) in [7, 11) is 0. The van der Waals surface area contributed by atoms with Crippen LogP contribution in [0, 0.1) is 0 Å². The van der Waals surface area contributed by atoms with Crippen LogP contribution in [0.4, 0.5) is 0 Å². The van der Waals surface area contributed by atoms with Crippen LogP contribution in [0.3, 0.4) is 0 Å². The molecular formula is C16H21N5O3S. The molecule has 0 bridgehead atoms. The number of nitrogens with two attached hydrogens (primary N) is 1. The monoisotopic (exact) mass is 363 g/mol. The quantitative estimate of drug-likeness (QED) is 0.780. The van der Waals surface area contributed by atoms with E-state index in [1.807, 2.05) is 17.6 Å². The van der Waals surface area contributed by atoms with Crippen molar-refractivity contribution in [2.75, 3.05) is 12.3 Å². The smallest absolute Gasteiger partial charge is 0.240 e. The molecule has 0 spiro atoms. The van der Waals surface area contributed by atoms with E-state index >= 15 is 0 Å². The van der Waals surface area contributed by atoms with Crippen LogP contribution in [0.5, 0.6) is 0 Å². The molecule has 3 rings (SSSR count). The van der Waals surface area contributed by atoms with Crippen molar-refractivity contribution in [2.45, 2.75) is 43.9 Å². The third-order valence-corrected chi connectivity index (χ3v) is 5.20. The normalized spacial score (nSPS) is 17.6. The Labute approximate surface area is 149 Å². The van der Waals surface area contributed by atoms with Gasteiger partial charge in [0, 0.05) is 13.1 Å². The molecule has 1 fully saturated rings. The second-order valence-corrected chi connectivity index (χ2v) is 6.76. The van der Waals surface area contributed by atoms with Gasteiger partial charge in [0.2, 0.25) is 11.8 Å². The summed E-state index contributed by atoms with van der Waals surface area (Å²) in [5, 5.41) is 8.98. The van der Waals surface area contributed by atoms with Crippen LogP contribution in [-0.4, -0.2) is 49.8 Å². The summed E-state index contributed by atoms with van der Waals surface area (Å²) in [6.45, 7) is 3.22. The number of hydrogen-bond acceptors (Lipinski definition) is 6. The van der Waals surface area contributed by atoms with Gasteiger partial charge in [0.15, 0.2) is 16.7 Å². The van der Waals surface area contributed by atoms with Gasteiger partial charge in [-0.2, -0.15) is 0 Å². The molecule has 1 aliphatic rings. The molecule has 0 radical (unpaired) electrons. The Bertz CT molecular complexity index is 743. The van der Waals surface area contributed by atoms with E-state index in [0.717, 1.165) is 12.8 Å². The lowest BCUT2D eigenvalue weighted by molar-refractivity contribution is -0.138. The minimum absolute atomic E-state index is 0.0984. The summed E-state index contributed by atoms with van der Waals surface area (Å²) in [5.74, 6) is 0.932. The fourth-order valence-electron chi connectivity index (χ4n) is 3.00. The van der Waals surface area contributed by atoms with E-state index in [9.17, 15) is 9.59 Å². The highest BCUT2D eigenvalue weighted by atomic mass is 32.2. The Morgan fingerprint density at radius 2 is 2.24 bits per heavy atom. The van der Waals surface area contributed by atoms with Crippen molar-refractivity contribution < 1.29 is 14.0 Å². The average Bonchev–Trinajstić information content (AvgIpc) is 3.28. The molecule has 134 valence electrons. The fraction of sp³-hybridized carbons (Fsp3) is 0.500. The Morgan fingerprint density at radius 1 is 1.40 bits per heavy atom. The maximum absolute atomic E-state index is 12.5. The van der Waals surface area contributed by atoms with E-state index in [-0.39, 0.29) is 11.7 Å². The maximum atomic E-state index is 12.5. The number of thioether (sulfide) groups is 1. The van der Waals surface area contributed by atoms with Crippen LogP contribution in [0.15, 0.2) is 28.0 Å². The molecule has 0 aromatic carbocycles. The van der Waals surface area contributed by atoms with Crippen molar-refractivity contribution in [3.05, 3.63) is 18.4 Å². The zero-order valence-electron chi connectivity index (χ0n) is 14.1. The topological polar surface area (TPSA) is 107 Å². The van der Waals surface area contributed by atoms with Crippen molar-refractivity contribution in [2.24, 2.45) is 5.73 Å². The number of piperidine rings is 1. The first kappa shape index (κ1) is 17.5. The molecule has 1 aliphatic heterocycles. The molecule has 1 saturated heterocycles. The molecule has 0 aliphatic carbocycles. The first-order valence-corrected chi connectivity index (χ1v) is 9.29. The number of aromatic nitrogens is 3. The highest BCUT2D eigenvalue weighted by molar-refractivity contribution is 7.99. The lowest BCUT2D eigenvalue weighted by Gasteiger charge is -2.33. The molecule has 2 N–H and O–H groups in total. The fourth-order valence-corrected chi connectivity index (χ4v) is 3.89. The van der Waals surface area contributed by atoms with Gasteiger partial charge >= 0.3 is 0 Å². The zero-order chi connectivity index (χ0) is 17.8. The predicted octanol–water partition coefficient (Wildman–Crippen LogP) is 1.52. The number of carbonyl (C=O) groups is 2. The van der Waals surface area contributed by atoms with Gasteiger partial charge in [0.05, 0.1) is 12.0 Å². The molecule has 2 amide bonds. The van der Waals surface area contributed by atoms with Crippen LogP contribution in [0.2, 0.25) is 0 Å². The van der Waals surface area contributed by atoms with E-state index in [4.69, 9.17) is 10.2 Å². The van der Waals surface area contributed by atoms with Gasteiger partial charge in [-0.05, 0) is 38.3 Å². The second kappa shape index (κ2) is 7.73. The van der Waals surface area contributed by atoms with Crippen molar-refractivity contribution in [3.8, 4) is 11.6 Å². The van der Waals surface area contributed by atoms with Gasteiger partial charge in [0.25, 0.3) is 0 Å². The molecule has 1 atom stereocenters. The number of nitrogens with zero attached hydrogens (tertiary/aromatic N) is 4. The average molecular weight is 363 g/mol. The Balaban J connectivity index is 1.69. The molecule has 3 heterocycles. The number of hydrogen-bond donors (Lipinski definition) is 1. The summed E-state index contributed by atoms with van der Waals surface area (Å²) in [5.41, 5.74) is 5.43. The van der Waals surface area contributed by atoms with Crippen LogP contribution in [-0.2, 0) is 16.1 Å². The Morgan fingerprint density at radius 3 is 2.92 bits per heavy atom. The van der Waals surface area contributed by atoms with E-state index in [1.54, 1.807) is 17.2 Å². The van der Waals surface area contributed by atoms with Gasteiger partial charge in [-0.1, -0.05) is 11.8 Å². The molecule has 2 aromatic rings. The van der Waals surface area contributed by atoms with Gasteiger partial charge < -0.3 is 15.1 Å². The van der Waals surface area contributed by atoms with Crippen molar-refractivity contribution in [1.29, 1.82) is 0 Å². The van der Waals surface area contributed by atoms with Crippen molar-refractivity contribution in [1.82, 2.24) is 19.7 Å². The SMILES string of the molecule is CCn1c(SCC(=O)N2CCCCC2C(N)=O)nnc1-c1ccco1. The van der Waals surface area contributed by atoms with E-state index in [0.29, 0.717) is 36.3 Å². The maximum Gasteiger partial charge on any atom is 0.240 e. The van der Waals surface area contributed by atoms with Crippen molar-refractivity contribution in [3.63, 3.8) is 0 Å². The number of rotatable bonds is 6. The van der Waals surface area contributed by atoms with Crippen LogP contribution in [0.1, 0.15) is 26.2 Å². The minimum Gasteiger partial charge on any atom is -0.461 e. The lowest BCUT2D eigenvalue weighted by atomic mass is 10.0. The van der Waals surface area contributed by atoms with Crippen LogP contribution < -0.4 is 5.73 Å². The van der Waals surface area contributed by atoms with Crippen molar-refractivity contribution >= 4 is 23.6 Å². The molecule has 2 aromatic heterocycles. The summed E-state index contributed by atoms with van der Waals surface area (Å²) in [6.07, 6.45) is 4.04. The third-order valence-electron chi connectivity index (χ3n) is 4.25. The third kappa shape index (κ3) is 3.71.